The molecule has 0 atom stereocenters. The molecule has 2 aliphatic rings. The molecule has 1 aliphatic heterocycles. The molecule has 2 heterocycles. The number of nitrogens with one attached hydrogen (secondary N) is 1. The standard InChI is InChI=1S/C22H30BrN3O2/c1-16-18-7-6-17(23)14-19(18)28-20(16)21(27)24-15-22(8-4-3-5-9-22)26-12-10-25(2)11-13-26/h6-7,14H,3-5,8-13,15H2,1-2H3,(H,24,27). The van der Waals surface area contributed by atoms with Crippen LogP contribution in [0.4, 0.5) is 0 Å². The first-order valence-corrected chi connectivity index (χ1v) is 11.2. The van der Waals surface area contributed by atoms with Crippen molar-refractivity contribution in [1.29, 1.82) is 0 Å². The first-order chi connectivity index (χ1) is 13.5. The number of hydrogen-bond acceptors (Lipinski definition) is 4. The van der Waals surface area contributed by atoms with Gasteiger partial charge in [-0.25, -0.2) is 0 Å². The minimum Gasteiger partial charge on any atom is -0.451 e. The predicted molar refractivity (Wildman–Crippen MR) is 116 cm³/mol. The average Bonchev–Trinajstić information content (AvgIpc) is 3.03. The normalized spacial score (nSPS) is 21.1. The van der Waals surface area contributed by atoms with Crippen LogP contribution >= 0.6 is 15.9 Å². The number of fused-ring (bicyclic) bond motifs is 1. The average molecular weight is 448 g/mol. The zero-order valence-electron chi connectivity index (χ0n) is 16.9. The lowest BCUT2D eigenvalue weighted by atomic mass is 9.79. The fourth-order valence-corrected chi connectivity index (χ4v) is 5.18. The Hall–Kier alpha value is -1.37. The first-order valence-electron chi connectivity index (χ1n) is 10.4. The zero-order chi connectivity index (χ0) is 19.7. The van der Waals surface area contributed by atoms with E-state index < -0.39 is 0 Å². The van der Waals surface area contributed by atoms with Crippen molar-refractivity contribution in [3.05, 3.63) is 34.0 Å². The Bertz CT molecular complexity index is 849. The molecule has 0 radical (unpaired) electrons. The Morgan fingerprint density at radius 2 is 1.89 bits per heavy atom. The topological polar surface area (TPSA) is 48.7 Å². The third-order valence-corrected chi connectivity index (χ3v) is 7.14. The molecule has 0 unspecified atom stereocenters. The smallest absolute Gasteiger partial charge is 0.287 e. The molecule has 152 valence electrons. The quantitative estimate of drug-likeness (QED) is 0.763. The molecule has 1 N–H and O–H groups in total. The molecule has 2 fully saturated rings. The van der Waals surface area contributed by atoms with Crippen molar-refractivity contribution in [3.8, 4) is 0 Å². The van der Waals surface area contributed by atoms with E-state index in [1.54, 1.807) is 0 Å². The van der Waals surface area contributed by atoms with Crippen molar-refractivity contribution in [2.75, 3.05) is 39.8 Å². The second kappa shape index (κ2) is 8.17. The maximum atomic E-state index is 13.0. The van der Waals surface area contributed by atoms with Crippen molar-refractivity contribution in [2.24, 2.45) is 0 Å². The van der Waals surface area contributed by atoms with Gasteiger partial charge in [0.25, 0.3) is 5.91 Å². The summed E-state index contributed by atoms with van der Waals surface area (Å²) >= 11 is 3.47. The first kappa shape index (κ1) is 19.9. The van der Waals surface area contributed by atoms with Gasteiger partial charge in [-0.2, -0.15) is 0 Å². The van der Waals surface area contributed by atoms with Crippen LogP contribution in [-0.4, -0.2) is 61.0 Å². The van der Waals surface area contributed by atoms with E-state index in [4.69, 9.17) is 4.42 Å². The number of aryl methyl sites for hydroxylation is 1. The molecule has 1 saturated carbocycles. The summed E-state index contributed by atoms with van der Waals surface area (Å²) in [6.45, 7) is 7.05. The van der Waals surface area contributed by atoms with E-state index in [0.29, 0.717) is 12.3 Å². The molecule has 0 bridgehead atoms. The molecule has 1 amide bonds. The highest BCUT2D eigenvalue weighted by molar-refractivity contribution is 9.10. The molecule has 1 aliphatic carbocycles. The molecule has 1 aromatic heterocycles. The van der Waals surface area contributed by atoms with E-state index in [1.807, 2.05) is 25.1 Å². The monoisotopic (exact) mass is 447 g/mol. The Balaban J connectivity index is 1.51. The summed E-state index contributed by atoms with van der Waals surface area (Å²) < 4.78 is 6.87. The predicted octanol–water partition coefficient (Wildman–Crippen LogP) is 4.18. The lowest BCUT2D eigenvalue weighted by Gasteiger charge is -2.49. The van der Waals surface area contributed by atoms with Gasteiger partial charge in [0.05, 0.1) is 0 Å². The molecular weight excluding hydrogens is 418 g/mol. The highest BCUT2D eigenvalue weighted by Gasteiger charge is 2.39. The van der Waals surface area contributed by atoms with Gasteiger partial charge in [-0.15, -0.1) is 0 Å². The number of carbonyl (C=O) groups excluding carboxylic acids is 1. The number of amides is 1. The molecule has 0 spiro atoms. The van der Waals surface area contributed by atoms with Crippen molar-refractivity contribution in [2.45, 2.75) is 44.6 Å². The van der Waals surface area contributed by atoms with Crippen molar-refractivity contribution >= 4 is 32.8 Å². The Kier molecular flexibility index (Phi) is 5.81. The lowest BCUT2D eigenvalue weighted by molar-refractivity contribution is 0.0136. The molecule has 2 aromatic rings. The van der Waals surface area contributed by atoms with Gasteiger partial charge in [-0.05, 0) is 45.0 Å². The summed E-state index contributed by atoms with van der Waals surface area (Å²) in [5.74, 6) is 0.348. The van der Waals surface area contributed by atoms with Gasteiger partial charge in [0.2, 0.25) is 0 Å². The van der Waals surface area contributed by atoms with Gasteiger partial charge in [0.15, 0.2) is 5.76 Å². The molecule has 1 saturated heterocycles. The van der Waals surface area contributed by atoms with Crippen LogP contribution in [0.25, 0.3) is 11.0 Å². The van der Waals surface area contributed by atoms with Crippen molar-refractivity contribution < 1.29 is 9.21 Å². The van der Waals surface area contributed by atoms with Crippen LogP contribution in [0, 0.1) is 6.92 Å². The molecule has 4 rings (SSSR count). The zero-order valence-corrected chi connectivity index (χ0v) is 18.5. The fraction of sp³-hybridized carbons (Fsp3) is 0.591. The largest absolute Gasteiger partial charge is 0.451 e. The van der Waals surface area contributed by atoms with E-state index in [1.165, 1.54) is 32.1 Å². The summed E-state index contributed by atoms with van der Waals surface area (Å²) in [7, 11) is 2.19. The van der Waals surface area contributed by atoms with E-state index in [2.05, 4.69) is 38.1 Å². The number of halogens is 1. The minimum atomic E-state index is -0.0936. The highest BCUT2D eigenvalue weighted by Crippen LogP contribution is 2.34. The number of likely N-dealkylation sites (N-methyl/N-ethyl adjacent to an activating group) is 1. The number of rotatable bonds is 4. The summed E-state index contributed by atoms with van der Waals surface area (Å²) in [4.78, 5) is 18.0. The number of furan rings is 1. The maximum absolute atomic E-state index is 13.0. The number of nitrogens with zero attached hydrogens (tertiary/aromatic N) is 2. The van der Waals surface area contributed by atoms with Gasteiger partial charge >= 0.3 is 0 Å². The van der Waals surface area contributed by atoms with E-state index in [0.717, 1.165) is 47.2 Å². The van der Waals surface area contributed by atoms with Crippen molar-refractivity contribution in [3.63, 3.8) is 0 Å². The fourth-order valence-electron chi connectivity index (χ4n) is 4.84. The number of carbonyl (C=O) groups is 1. The Labute approximate surface area is 175 Å². The summed E-state index contributed by atoms with van der Waals surface area (Å²) in [6.07, 6.45) is 6.15. The summed E-state index contributed by atoms with van der Waals surface area (Å²) in [6, 6.07) is 5.91. The van der Waals surface area contributed by atoms with Crippen LogP contribution in [0.2, 0.25) is 0 Å². The van der Waals surface area contributed by atoms with Gasteiger partial charge in [-0.3, -0.25) is 9.69 Å². The number of hydrogen-bond donors (Lipinski definition) is 1. The third kappa shape index (κ3) is 3.87. The Morgan fingerprint density at radius 1 is 1.18 bits per heavy atom. The Morgan fingerprint density at radius 3 is 2.61 bits per heavy atom. The summed E-state index contributed by atoms with van der Waals surface area (Å²) in [5, 5.41) is 4.23. The van der Waals surface area contributed by atoms with Crippen LogP contribution < -0.4 is 5.32 Å². The van der Waals surface area contributed by atoms with Crippen LogP contribution in [-0.2, 0) is 0 Å². The SMILES string of the molecule is Cc1c(C(=O)NCC2(N3CCN(C)CC3)CCCCC2)oc2cc(Br)ccc12. The second-order valence-corrected chi connectivity index (χ2v) is 9.37. The second-order valence-electron chi connectivity index (χ2n) is 8.45. The van der Waals surface area contributed by atoms with Gasteiger partial charge in [0.1, 0.15) is 5.58 Å². The molecule has 5 nitrogen and oxygen atoms in total. The van der Waals surface area contributed by atoms with Crippen LogP contribution in [0.3, 0.4) is 0 Å². The number of piperazine rings is 1. The van der Waals surface area contributed by atoms with Crippen LogP contribution in [0.5, 0.6) is 0 Å². The van der Waals surface area contributed by atoms with Crippen molar-refractivity contribution in [1.82, 2.24) is 15.1 Å². The van der Waals surface area contributed by atoms with Crippen LogP contribution in [0.1, 0.15) is 48.2 Å². The van der Waals surface area contributed by atoms with Gasteiger partial charge in [-0.1, -0.05) is 35.2 Å². The van der Waals surface area contributed by atoms with E-state index in [9.17, 15) is 4.79 Å². The lowest BCUT2D eigenvalue weighted by Crippen LogP contribution is -2.61. The summed E-state index contributed by atoms with van der Waals surface area (Å²) in [5.41, 5.74) is 1.76. The van der Waals surface area contributed by atoms with E-state index >= 15 is 0 Å². The number of benzene rings is 1. The van der Waals surface area contributed by atoms with Gasteiger partial charge < -0.3 is 14.6 Å². The maximum Gasteiger partial charge on any atom is 0.287 e. The van der Waals surface area contributed by atoms with Crippen LogP contribution in [0.15, 0.2) is 27.1 Å². The molecule has 28 heavy (non-hydrogen) atoms. The molecule has 1 aromatic carbocycles. The minimum absolute atomic E-state index is 0.0936. The third-order valence-electron chi connectivity index (χ3n) is 6.64. The molecular formula is C22H30BrN3O2. The highest BCUT2D eigenvalue weighted by atomic mass is 79.9. The van der Waals surface area contributed by atoms with Gasteiger partial charge in [0, 0.05) is 53.7 Å². The van der Waals surface area contributed by atoms with E-state index in [-0.39, 0.29) is 11.4 Å². The molecule has 6 heteroatoms.